The van der Waals surface area contributed by atoms with E-state index in [-0.39, 0.29) is 12.6 Å². The van der Waals surface area contributed by atoms with Gasteiger partial charge in [-0.15, -0.1) is 0 Å². The Morgan fingerprint density at radius 2 is 1.46 bits per heavy atom. The number of nitrogen functional groups attached to an aromatic ring is 2. The van der Waals surface area contributed by atoms with E-state index in [9.17, 15) is 9.59 Å². The van der Waals surface area contributed by atoms with Crippen LogP contribution in [0.1, 0.15) is 31.2 Å². The number of rotatable bonds is 10. The normalized spacial score (nSPS) is 11.6. The van der Waals surface area contributed by atoms with Crippen molar-refractivity contribution in [1.82, 2.24) is 0 Å². The van der Waals surface area contributed by atoms with Crippen LogP contribution in [0.4, 0.5) is 11.4 Å². The average Bonchev–Trinajstić information content (AvgIpc) is 2.68. The molecule has 7 heteroatoms. The molecule has 150 valence electrons. The fourth-order valence-electron chi connectivity index (χ4n) is 2.54. The molecular weight excluding hydrogens is 358 g/mol. The number of ether oxygens (including phenoxy) is 2. The summed E-state index contributed by atoms with van der Waals surface area (Å²) >= 11 is 0. The highest BCUT2D eigenvalue weighted by Crippen LogP contribution is 2.14. The van der Waals surface area contributed by atoms with Gasteiger partial charge in [0.1, 0.15) is 11.8 Å². The van der Waals surface area contributed by atoms with E-state index in [2.05, 4.69) is 0 Å². The predicted molar refractivity (Wildman–Crippen MR) is 108 cm³/mol. The summed E-state index contributed by atoms with van der Waals surface area (Å²) in [6.07, 6.45) is 2.76. The van der Waals surface area contributed by atoms with Crippen LogP contribution >= 0.6 is 0 Å². The molecule has 2 aromatic carbocycles. The van der Waals surface area contributed by atoms with E-state index in [1.807, 2.05) is 12.1 Å². The van der Waals surface area contributed by atoms with E-state index in [4.69, 9.17) is 26.7 Å². The number of unbranched alkanes of at least 4 members (excludes halogenated alkanes) is 2. The van der Waals surface area contributed by atoms with Crippen LogP contribution in [0.15, 0.2) is 48.5 Å². The van der Waals surface area contributed by atoms with Gasteiger partial charge in [0.15, 0.2) is 0 Å². The number of hydrogen-bond acceptors (Lipinski definition) is 7. The van der Waals surface area contributed by atoms with Crippen molar-refractivity contribution in [3.8, 4) is 5.75 Å². The lowest BCUT2D eigenvalue weighted by Gasteiger charge is -2.12. The smallest absolute Gasteiger partial charge is 0.323 e. The minimum Gasteiger partial charge on any atom is -0.465 e. The summed E-state index contributed by atoms with van der Waals surface area (Å²) in [5.74, 6) is -0.255. The molecule has 2 rings (SSSR count). The zero-order valence-corrected chi connectivity index (χ0v) is 15.8. The zero-order valence-electron chi connectivity index (χ0n) is 15.8. The Morgan fingerprint density at radius 3 is 2.11 bits per heavy atom. The van der Waals surface area contributed by atoms with E-state index in [1.54, 1.807) is 36.4 Å². The van der Waals surface area contributed by atoms with Crippen molar-refractivity contribution in [3.63, 3.8) is 0 Å². The number of benzene rings is 2. The molecule has 0 aliphatic carbocycles. The van der Waals surface area contributed by atoms with Crippen molar-refractivity contribution in [2.45, 2.75) is 38.1 Å². The molecule has 0 aliphatic rings. The number of esters is 2. The van der Waals surface area contributed by atoms with Gasteiger partial charge in [-0.3, -0.25) is 9.59 Å². The highest BCUT2D eigenvalue weighted by atomic mass is 16.5. The lowest BCUT2D eigenvalue weighted by molar-refractivity contribution is -0.145. The van der Waals surface area contributed by atoms with Crippen LogP contribution in [0, 0.1) is 0 Å². The highest BCUT2D eigenvalue weighted by molar-refractivity contribution is 5.76. The topological polar surface area (TPSA) is 131 Å². The van der Waals surface area contributed by atoms with Gasteiger partial charge in [-0.25, -0.2) is 0 Å². The SMILES string of the molecule is Nc1ccc(CC(N)C(=O)OCCCCCC(=O)Oc2ccc(N)cc2)cc1. The van der Waals surface area contributed by atoms with Gasteiger partial charge in [0.2, 0.25) is 0 Å². The van der Waals surface area contributed by atoms with Crippen molar-refractivity contribution in [3.05, 3.63) is 54.1 Å². The van der Waals surface area contributed by atoms with Crippen molar-refractivity contribution in [1.29, 1.82) is 0 Å². The van der Waals surface area contributed by atoms with Crippen LogP contribution in [0.5, 0.6) is 5.75 Å². The molecule has 0 bridgehead atoms. The zero-order chi connectivity index (χ0) is 20.4. The molecule has 0 spiro atoms. The largest absolute Gasteiger partial charge is 0.465 e. The van der Waals surface area contributed by atoms with Gasteiger partial charge in [0.25, 0.3) is 0 Å². The van der Waals surface area contributed by atoms with Crippen LogP contribution in [-0.2, 0) is 20.7 Å². The van der Waals surface area contributed by atoms with Gasteiger partial charge >= 0.3 is 11.9 Å². The molecule has 0 heterocycles. The Hall–Kier alpha value is -3.06. The average molecular weight is 385 g/mol. The standard InChI is InChI=1S/C21H27N3O4/c22-16-7-5-15(6-8-16)14-19(24)21(26)27-13-3-1-2-4-20(25)28-18-11-9-17(23)10-12-18/h5-12,19H,1-4,13-14,22-24H2. The van der Waals surface area contributed by atoms with E-state index < -0.39 is 12.0 Å². The van der Waals surface area contributed by atoms with E-state index >= 15 is 0 Å². The summed E-state index contributed by atoms with van der Waals surface area (Å²) in [4.78, 5) is 23.7. The van der Waals surface area contributed by atoms with Gasteiger partial charge in [-0.1, -0.05) is 12.1 Å². The third-order valence-corrected chi connectivity index (χ3v) is 4.12. The fourth-order valence-corrected chi connectivity index (χ4v) is 2.54. The molecular formula is C21H27N3O4. The summed E-state index contributed by atoms with van der Waals surface area (Å²) in [5.41, 5.74) is 19.3. The fraction of sp³-hybridized carbons (Fsp3) is 0.333. The number of carbonyl (C=O) groups excluding carboxylic acids is 2. The molecule has 0 amide bonds. The number of nitrogens with two attached hydrogens (primary N) is 3. The lowest BCUT2D eigenvalue weighted by Crippen LogP contribution is -2.34. The first-order valence-corrected chi connectivity index (χ1v) is 9.27. The van der Waals surface area contributed by atoms with Crippen molar-refractivity contribution < 1.29 is 19.1 Å². The Labute approximate surface area is 164 Å². The Balaban J connectivity index is 1.55. The first-order valence-electron chi connectivity index (χ1n) is 9.27. The molecule has 0 aromatic heterocycles. The second kappa shape index (κ2) is 10.9. The van der Waals surface area contributed by atoms with Gasteiger partial charge in [-0.05, 0) is 67.6 Å². The molecule has 0 radical (unpaired) electrons. The number of carbonyl (C=O) groups is 2. The summed E-state index contributed by atoms with van der Waals surface area (Å²) in [6.45, 7) is 0.279. The monoisotopic (exact) mass is 385 g/mol. The number of hydrogen-bond donors (Lipinski definition) is 3. The molecule has 7 nitrogen and oxygen atoms in total. The Bertz CT molecular complexity index is 760. The van der Waals surface area contributed by atoms with Crippen LogP contribution in [0.25, 0.3) is 0 Å². The van der Waals surface area contributed by atoms with Crippen molar-refractivity contribution >= 4 is 23.3 Å². The van der Waals surface area contributed by atoms with E-state index in [1.165, 1.54) is 0 Å². The number of anilines is 2. The van der Waals surface area contributed by atoms with E-state index in [0.717, 1.165) is 12.0 Å². The minimum absolute atomic E-state index is 0.279. The van der Waals surface area contributed by atoms with Gasteiger partial charge in [0.05, 0.1) is 6.61 Å². The quantitative estimate of drug-likeness (QED) is 0.248. The van der Waals surface area contributed by atoms with E-state index in [0.29, 0.717) is 42.8 Å². The maximum Gasteiger partial charge on any atom is 0.323 e. The molecule has 2 aromatic rings. The molecule has 0 saturated carbocycles. The predicted octanol–water partition coefficient (Wildman–Crippen LogP) is 2.43. The molecule has 28 heavy (non-hydrogen) atoms. The van der Waals surface area contributed by atoms with Gasteiger partial charge < -0.3 is 26.7 Å². The van der Waals surface area contributed by atoms with Gasteiger partial charge in [0, 0.05) is 17.8 Å². The minimum atomic E-state index is -0.710. The van der Waals surface area contributed by atoms with Crippen molar-refractivity contribution in [2.75, 3.05) is 18.1 Å². The highest BCUT2D eigenvalue weighted by Gasteiger charge is 2.15. The lowest BCUT2D eigenvalue weighted by atomic mass is 10.1. The van der Waals surface area contributed by atoms with Crippen LogP contribution in [-0.4, -0.2) is 24.6 Å². The summed E-state index contributed by atoms with van der Waals surface area (Å²) in [7, 11) is 0. The molecule has 0 fully saturated rings. The third-order valence-electron chi connectivity index (χ3n) is 4.12. The maximum atomic E-state index is 11.9. The molecule has 0 saturated heterocycles. The van der Waals surface area contributed by atoms with Crippen LogP contribution in [0.2, 0.25) is 0 Å². The first-order chi connectivity index (χ1) is 13.4. The first kappa shape index (κ1) is 21.2. The molecule has 1 atom stereocenters. The Kier molecular flexibility index (Phi) is 8.30. The van der Waals surface area contributed by atoms with Crippen LogP contribution < -0.4 is 21.9 Å². The molecule has 6 N–H and O–H groups in total. The summed E-state index contributed by atoms with van der Waals surface area (Å²) in [6, 6.07) is 13.2. The second-order valence-electron chi connectivity index (χ2n) is 6.57. The summed E-state index contributed by atoms with van der Waals surface area (Å²) < 4.78 is 10.4. The maximum absolute atomic E-state index is 11.9. The Morgan fingerprint density at radius 1 is 0.857 bits per heavy atom. The second-order valence-corrected chi connectivity index (χ2v) is 6.57. The molecule has 0 aliphatic heterocycles. The van der Waals surface area contributed by atoms with Crippen LogP contribution in [0.3, 0.4) is 0 Å². The molecule has 1 unspecified atom stereocenters. The summed E-state index contributed by atoms with van der Waals surface area (Å²) in [5, 5.41) is 0. The third kappa shape index (κ3) is 7.67. The van der Waals surface area contributed by atoms with Gasteiger partial charge in [-0.2, -0.15) is 0 Å². The van der Waals surface area contributed by atoms with Crippen molar-refractivity contribution in [2.24, 2.45) is 5.73 Å².